The summed E-state index contributed by atoms with van der Waals surface area (Å²) in [5.41, 5.74) is 6.62. The summed E-state index contributed by atoms with van der Waals surface area (Å²) in [5.74, 6) is -0.529. The van der Waals surface area contributed by atoms with Gasteiger partial charge in [0.05, 0.1) is 24.1 Å². The lowest BCUT2D eigenvalue weighted by Gasteiger charge is -2.26. The van der Waals surface area contributed by atoms with E-state index in [0.717, 1.165) is 33.4 Å². The first kappa shape index (κ1) is 20.0. The number of hydrogen-bond acceptors (Lipinski definition) is 5. The Morgan fingerprint density at radius 2 is 1.88 bits per heavy atom. The number of rotatable bonds is 3. The van der Waals surface area contributed by atoms with Crippen LogP contribution in [0.3, 0.4) is 0 Å². The van der Waals surface area contributed by atoms with Crippen LogP contribution in [0.2, 0.25) is 0 Å². The third kappa shape index (κ3) is 3.24. The van der Waals surface area contributed by atoms with Crippen molar-refractivity contribution < 1.29 is 14.3 Å². The fourth-order valence-corrected chi connectivity index (χ4v) is 4.24. The second kappa shape index (κ2) is 7.64. The van der Waals surface area contributed by atoms with Gasteiger partial charge in [0.25, 0.3) is 5.91 Å². The number of esters is 1. The van der Waals surface area contributed by atoms with Gasteiger partial charge < -0.3 is 14.6 Å². The zero-order chi connectivity index (χ0) is 22.4. The van der Waals surface area contributed by atoms with Crippen LogP contribution < -0.4 is 0 Å². The largest absolute Gasteiger partial charge is 0.465 e. The maximum atomic E-state index is 13.3. The van der Waals surface area contributed by atoms with Crippen LogP contribution in [0.1, 0.15) is 43.4 Å². The minimum atomic E-state index is -0.381. The van der Waals surface area contributed by atoms with Gasteiger partial charge >= 0.3 is 5.97 Å². The fourth-order valence-electron chi connectivity index (χ4n) is 4.24. The highest BCUT2D eigenvalue weighted by atomic mass is 16.5. The summed E-state index contributed by atoms with van der Waals surface area (Å²) in [7, 11) is 1.37. The smallest absolute Gasteiger partial charge is 0.337 e. The van der Waals surface area contributed by atoms with Crippen molar-refractivity contribution in [1.29, 1.82) is 0 Å². The highest BCUT2D eigenvalue weighted by Crippen LogP contribution is 2.29. The fraction of sp³-hybridized carbons (Fsp3) is 0.250. The first-order chi connectivity index (χ1) is 15.5. The van der Waals surface area contributed by atoms with E-state index < -0.39 is 0 Å². The van der Waals surface area contributed by atoms with Gasteiger partial charge in [-0.1, -0.05) is 22.9 Å². The number of benzene rings is 2. The molecule has 1 aliphatic heterocycles. The number of aryl methyl sites for hydroxylation is 1. The molecule has 0 spiro atoms. The predicted octanol–water partition coefficient (Wildman–Crippen LogP) is 3.35. The van der Waals surface area contributed by atoms with Crippen LogP contribution in [0, 0.1) is 13.8 Å². The summed E-state index contributed by atoms with van der Waals surface area (Å²) < 4.78 is 6.54. The number of hydrogen-bond donors (Lipinski definition) is 1. The van der Waals surface area contributed by atoms with Crippen LogP contribution in [0.5, 0.6) is 0 Å². The highest BCUT2D eigenvalue weighted by molar-refractivity contribution is 5.97. The molecule has 8 heteroatoms. The number of fused-ring (bicyclic) bond motifs is 3. The molecule has 0 radical (unpaired) electrons. The molecule has 2 aromatic heterocycles. The zero-order valence-corrected chi connectivity index (χ0v) is 18.2. The second-order valence-corrected chi connectivity index (χ2v) is 8.08. The summed E-state index contributed by atoms with van der Waals surface area (Å²) in [6, 6.07) is 13.4. The molecule has 32 heavy (non-hydrogen) atoms. The summed E-state index contributed by atoms with van der Waals surface area (Å²) in [4.78, 5) is 30.5. The van der Waals surface area contributed by atoms with E-state index in [2.05, 4.69) is 15.3 Å². The van der Waals surface area contributed by atoms with Crippen molar-refractivity contribution in [3.63, 3.8) is 0 Å². The molecule has 162 valence electrons. The SMILES string of the molecule is COC(=O)c1ccc2[nH]c3c(c2c1)CN(C(=O)c1nnn(-c2ccc(C)cc2)c1C)CC3. The van der Waals surface area contributed by atoms with E-state index in [1.165, 1.54) is 7.11 Å². The number of aromatic amines is 1. The van der Waals surface area contributed by atoms with E-state index in [4.69, 9.17) is 4.74 Å². The Kier molecular flexibility index (Phi) is 4.77. The second-order valence-electron chi connectivity index (χ2n) is 8.08. The van der Waals surface area contributed by atoms with Gasteiger partial charge in [0.15, 0.2) is 5.69 Å². The van der Waals surface area contributed by atoms with Gasteiger partial charge in [-0.3, -0.25) is 4.79 Å². The molecule has 0 atom stereocenters. The van der Waals surface area contributed by atoms with Crippen LogP contribution in [0.15, 0.2) is 42.5 Å². The summed E-state index contributed by atoms with van der Waals surface area (Å²) >= 11 is 0. The number of aromatic nitrogens is 4. The molecule has 1 aliphatic rings. The van der Waals surface area contributed by atoms with Crippen LogP contribution >= 0.6 is 0 Å². The monoisotopic (exact) mass is 429 g/mol. The molecule has 0 bridgehead atoms. The number of methoxy groups -OCH3 is 1. The first-order valence-corrected chi connectivity index (χ1v) is 10.5. The van der Waals surface area contributed by atoms with Crippen molar-refractivity contribution in [2.75, 3.05) is 13.7 Å². The van der Waals surface area contributed by atoms with E-state index in [1.807, 2.05) is 50.2 Å². The molecule has 5 rings (SSSR count). The van der Waals surface area contributed by atoms with Gasteiger partial charge in [-0.25, -0.2) is 9.48 Å². The molecule has 2 aromatic carbocycles. The van der Waals surface area contributed by atoms with Gasteiger partial charge in [0, 0.05) is 41.7 Å². The average molecular weight is 429 g/mol. The van der Waals surface area contributed by atoms with Crippen molar-refractivity contribution in [2.45, 2.75) is 26.8 Å². The number of carbonyl (C=O) groups is 2. The minimum absolute atomic E-state index is 0.148. The lowest BCUT2D eigenvalue weighted by molar-refractivity contribution is 0.0600. The van der Waals surface area contributed by atoms with Crippen molar-refractivity contribution in [2.24, 2.45) is 0 Å². The third-order valence-corrected chi connectivity index (χ3v) is 6.06. The Bertz CT molecular complexity index is 1350. The molecule has 0 saturated carbocycles. The van der Waals surface area contributed by atoms with Gasteiger partial charge in [0.2, 0.25) is 0 Å². The molecule has 0 saturated heterocycles. The lowest BCUT2D eigenvalue weighted by atomic mass is 10.0. The molecular formula is C24H23N5O3. The molecule has 1 amide bonds. The number of ether oxygens (including phenoxy) is 1. The third-order valence-electron chi connectivity index (χ3n) is 6.06. The van der Waals surface area contributed by atoms with Gasteiger partial charge in [0.1, 0.15) is 0 Å². The molecular weight excluding hydrogens is 406 g/mol. The summed E-state index contributed by atoms with van der Waals surface area (Å²) in [6.07, 6.45) is 0.703. The molecule has 0 unspecified atom stereocenters. The number of nitrogens with zero attached hydrogens (tertiary/aromatic N) is 4. The van der Waals surface area contributed by atoms with Crippen LogP contribution in [-0.4, -0.2) is 50.4 Å². The molecule has 0 fully saturated rings. The Balaban J connectivity index is 1.45. The lowest BCUT2D eigenvalue weighted by Crippen LogP contribution is -2.36. The quantitative estimate of drug-likeness (QED) is 0.504. The van der Waals surface area contributed by atoms with Crippen LogP contribution in [-0.2, 0) is 17.7 Å². The summed E-state index contributed by atoms with van der Waals surface area (Å²) in [5, 5.41) is 9.35. The summed E-state index contributed by atoms with van der Waals surface area (Å²) in [6.45, 7) is 4.90. The van der Waals surface area contributed by atoms with Gasteiger partial charge in [-0.15, -0.1) is 5.10 Å². The first-order valence-electron chi connectivity index (χ1n) is 10.5. The normalized spacial score (nSPS) is 13.3. The predicted molar refractivity (Wildman–Crippen MR) is 119 cm³/mol. The number of carbonyl (C=O) groups excluding carboxylic acids is 2. The molecule has 4 aromatic rings. The molecule has 0 aliphatic carbocycles. The van der Waals surface area contributed by atoms with Crippen molar-refractivity contribution >= 4 is 22.8 Å². The van der Waals surface area contributed by atoms with Crippen molar-refractivity contribution in [3.05, 3.63) is 76.2 Å². The van der Waals surface area contributed by atoms with Gasteiger partial charge in [-0.2, -0.15) is 0 Å². The van der Waals surface area contributed by atoms with E-state index in [-0.39, 0.29) is 11.9 Å². The van der Waals surface area contributed by atoms with Crippen LogP contribution in [0.4, 0.5) is 0 Å². The Morgan fingerprint density at radius 3 is 2.62 bits per heavy atom. The number of nitrogens with one attached hydrogen (secondary N) is 1. The van der Waals surface area contributed by atoms with E-state index in [1.54, 1.807) is 15.6 Å². The van der Waals surface area contributed by atoms with Crippen molar-refractivity contribution in [3.8, 4) is 5.69 Å². The standard InChI is InChI=1S/C24H23N5O3/c1-14-4-7-17(8-5-14)29-15(2)22(26-27-29)23(30)28-11-10-21-19(13-28)18-12-16(24(31)32-3)6-9-20(18)25-21/h4-9,12,25H,10-11,13H2,1-3H3. The highest BCUT2D eigenvalue weighted by Gasteiger charge is 2.28. The van der Waals surface area contributed by atoms with Gasteiger partial charge in [-0.05, 0) is 44.2 Å². The maximum absolute atomic E-state index is 13.3. The Hall–Kier alpha value is -3.94. The number of amides is 1. The average Bonchev–Trinajstić information content (AvgIpc) is 3.38. The van der Waals surface area contributed by atoms with Crippen molar-refractivity contribution in [1.82, 2.24) is 24.9 Å². The molecule has 3 heterocycles. The van der Waals surface area contributed by atoms with Crippen LogP contribution in [0.25, 0.3) is 16.6 Å². The topological polar surface area (TPSA) is 93.1 Å². The molecule has 1 N–H and O–H groups in total. The van der Waals surface area contributed by atoms with E-state index >= 15 is 0 Å². The minimum Gasteiger partial charge on any atom is -0.465 e. The Labute approximate surface area is 184 Å². The Morgan fingerprint density at radius 1 is 1.09 bits per heavy atom. The van der Waals surface area contributed by atoms with E-state index in [0.29, 0.717) is 36.5 Å². The zero-order valence-electron chi connectivity index (χ0n) is 18.2. The van der Waals surface area contributed by atoms with E-state index in [9.17, 15) is 9.59 Å². The molecule has 8 nitrogen and oxygen atoms in total. The number of H-pyrrole nitrogens is 1. The maximum Gasteiger partial charge on any atom is 0.337 e.